The lowest BCUT2D eigenvalue weighted by Gasteiger charge is -2.43. The summed E-state index contributed by atoms with van der Waals surface area (Å²) in [7, 11) is -19.3. The van der Waals surface area contributed by atoms with Crippen LogP contribution in [0.5, 0.6) is 0 Å². The second kappa shape index (κ2) is 36.6. The van der Waals surface area contributed by atoms with Crippen LogP contribution in [0.25, 0.3) is 0 Å². The smallest absolute Gasteiger partial charge is 0.517 e. The molecule has 404 valence electrons. The molecule has 0 atom stereocenters. The van der Waals surface area contributed by atoms with E-state index in [0.717, 1.165) is 31.4 Å². The number of ether oxygens (including phenoxy) is 2. The number of primary amides is 1. The van der Waals surface area contributed by atoms with Gasteiger partial charge in [0.05, 0.1) is 31.6 Å². The quantitative estimate of drug-likeness (QED) is 0.0367. The van der Waals surface area contributed by atoms with E-state index in [2.05, 4.69) is 220 Å². The van der Waals surface area contributed by atoms with Crippen LogP contribution in [0.1, 0.15) is 12.8 Å². The van der Waals surface area contributed by atoms with Gasteiger partial charge < -0.3 is 48.3 Å². The van der Waals surface area contributed by atoms with E-state index >= 15 is 0 Å². The van der Waals surface area contributed by atoms with E-state index in [9.17, 15) is 9.59 Å². The number of carbonyl (C=O) groups is 2. The third-order valence-corrected chi connectivity index (χ3v) is 31.8. The van der Waals surface area contributed by atoms with Gasteiger partial charge in [0.2, 0.25) is 16.6 Å². The van der Waals surface area contributed by atoms with Gasteiger partial charge in [-0.1, -0.05) is 26.3 Å². The van der Waals surface area contributed by atoms with Crippen molar-refractivity contribution >= 4 is 96.3 Å². The van der Waals surface area contributed by atoms with E-state index in [-0.39, 0.29) is 6.09 Å². The fourth-order valence-electron chi connectivity index (χ4n) is 5.01. The topological polar surface area (TPSA) is 155 Å². The first kappa shape index (κ1) is 78.1. The highest BCUT2D eigenvalue weighted by molar-refractivity contribution is 6.91. The number of hydrogen-bond acceptors (Lipinski definition) is 12. The molecule has 0 aromatic carbocycles. The monoisotopic (exact) mass is 1140 g/mol. The maximum absolute atomic E-state index is 11.4. The van der Waals surface area contributed by atoms with Crippen LogP contribution in [-0.4, -0.2) is 109 Å². The molecule has 0 radical (unpaired) electrons. The Morgan fingerprint density at radius 2 is 0.676 bits per heavy atom. The highest BCUT2D eigenvalue weighted by Gasteiger charge is 2.51. The van der Waals surface area contributed by atoms with Gasteiger partial charge in [-0.15, -0.1) is 26.3 Å². The minimum absolute atomic E-state index is 0.370. The van der Waals surface area contributed by atoms with E-state index in [1.807, 2.05) is 0 Å². The largest absolute Gasteiger partial charge is 0.550 e. The second-order valence-corrected chi connectivity index (χ2v) is 65.6. The standard InChI is InChI=1S/2C15H37NO5Si4.2C5H12OSi.2C2H4/c2*1-11-18-15(17)16-13-12-14-25(19-22(2,3)4,20-23(5,6)7)21-24(8,9)10;2*1-5-6-7(2,3)4;2*1-2/h2*11H,1,12-14H2,2-10H3,(H,16,17);2*5H,1H2,2-4H3;2*1-2H2/p+1. The molecule has 3 N–H and O–H groups in total. The van der Waals surface area contributed by atoms with Gasteiger partial charge in [0.25, 0.3) is 0 Å². The zero-order valence-electron chi connectivity index (χ0n) is 48.2. The lowest BCUT2D eigenvalue weighted by molar-refractivity contribution is -0.568. The molecule has 0 bridgehead atoms. The molecular formula is C44H107N2O12Si10+. The zero-order chi connectivity index (χ0) is 55.7. The first-order valence-corrected chi connectivity index (χ1v) is 54.4. The Morgan fingerprint density at radius 1 is 0.412 bits per heavy atom. The summed E-state index contributed by atoms with van der Waals surface area (Å²) in [6, 6.07) is 1.42. The van der Waals surface area contributed by atoms with Gasteiger partial charge in [0, 0.05) is 25.1 Å². The van der Waals surface area contributed by atoms with Crippen LogP contribution in [-0.2, 0) is 43.0 Å². The summed E-state index contributed by atoms with van der Waals surface area (Å²) in [6.07, 6.45) is 5.94. The number of amides is 2. The van der Waals surface area contributed by atoms with Crippen LogP contribution in [0.3, 0.4) is 0 Å². The molecule has 0 aliphatic carbocycles. The molecule has 68 heavy (non-hydrogen) atoms. The van der Waals surface area contributed by atoms with Gasteiger partial charge in [-0.2, -0.15) is 4.79 Å². The van der Waals surface area contributed by atoms with Crippen LogP contribution < -0.4 is 10.6 Å². The molecule has 0 aromatic rings. The van der Waals surface area contributed by atoms with Crippen LogP contribution in [0, 0.1) is 0 Å². The molecule has 24 heteroatoms. The Bertz CT molecular complexity index is 1210. The van der Waals surface area contributed by atoms with Crippen LogP contribution in [0.2, 0.25) is 169 Å². The number of alkyl carbamates (subject to hydrolysis) is 1. The van der Waals surface area contributed by atoms with Crippen molar-refractivity contribution < 1.29 is 57.9 Å². The Kier molecular flexibility index (Phi) is 42.0. The Labute approximate surface area is 429 Å². The molecule has 14 nitrogen and oxygen atoms in total. The number of quaternary nitrogens is 1. The van der Waals surface area contributed by atoms with Gasteiger partial charge in [-0.05, 0) is 164 Å². The maximum Gasteiger partial charge on any atom is 0.517 e. The minimum atomic E-state index is -2.82. The van der Waals surface area contributed by atoms with Crippen LogP contribution in [0.4, 0.5) is 9.59 Å². The third-order valence-electron chi connectivity index (χ3n) is 5.96. The van der Waals surface area contributed by atoms with Crippen molar-refractivity contribution in [3.05, 3.63) is 77.7 Å². The summed E-state index contributed by atoms with van der Waals surface area (Å²) in [5.41, 5.74) is 0. The lowest BCUT2D eigenvalue weighted by Crippen LogP contribution is -2.88. The van der Waals surface area contributed by atoms with Crippen molar-refractivity contribution in [3.63, 3.8) is 0 Å². The number of carbonyl (C=O) groups excluding carboxylic acids is 2. The number of nitrogens with two attached hydrogens (primary N) is 1. The van der Waals surface area contributed by atoms with Crippen molar-refractivity contribution in [2.24, 2.45) is 0 Å². The molecule has 2 amide bonds. The summed E-state index contributed by atoms with van der Waals surface area (Å²) in [5, 5.41) is 4.24. The summed E-state index contributed by atoms with van der Waals surface area (Å²) in [4.78, 5) is 22.8. The van der Waals surface area contributed by atoms with E-state index in [0.29, 0.717) is 19.1 Å². The molecule has 0 unspecified atom stereocenters. The number of hydrogen-bond donors (Lipinski definition) is 2. The molecular weight excluding hydrogens is 1030 g/mol. The predicted octanol–water partition coefficient (Wildman–Crippen LogP) is 14.0. The molecule has 0 heterocycles. The second-order valence-electron chi connectivity index (χ2n) is 22.7. The first-order valence-electron chi connectivity index (χ1n) is 23.3. The van der Waals surface area contributed by atoms with E-state index in [1.165, 1.54) is 12.5 Å². The molecule has 0 aliphatic rings. The zero-order valence-corrected chi connectivity index (χ0v) is 58.2. The number of nitrogens with one attached hydrogen (secondary N) is 1. The average molecular weight is 1140 g/mol. The third kappa shape index (κ3) is 62.7. The molecule has 0 aromatic heterocycles. The minimum Gasteiger partial charge on any atom is -0.550 e. The predicted molar refractivity (Wildman–Crippen MR) is 317 cm³/mol. The van der Waals surface area contributed by atoms with E-state index in [1.54, 1.807) is 5.32 Å². The first-order chi connectivity index (χ1) is 30.3. The average Bonchev–Trinajstić information content (AvgIpc) is 3.06. The van der Waals surface area contributed by atoms with Crippen molar-refractivity contribution in [2.75, 3.05) is 13.1 Å². The molecule has 0 saturated heterocycles. The SMILES string of the molecule is C=C.C=C.C=COC(=O)NCCC[Si](O[Si](C)(C)C)(O[Si](C)(C)C)O[Si](C)(C)C.C=COC(=O)[NH2+]CCC[Si](O[Si](C)(C)C)(O[Si](C)(C)C)O[Si](C)(C)C.C=CO[Si](C)(C)C.C=CO[Si](C)(C)C. The Balaban J connectivity index is -0.000000208. The molecule has 0 rings (SSSR count). The molecule has 0 saturated carbocycles. The van der Waals surface area contributed by atoms with E-state index in [4.69, 9.17) is 38.3 Å². The van der Waals surface area contributed by atoms with Crippen molar-refractivity contribution in [2.45, 2.75) is 182 Å². The molecule has 0 fully saturated rings. The Morgan fingerprint density at radius 3 is 0.882 bits per heavy atom. The highest BCUT2D eigenvalue weighted by atomic mass is 28.5. The van der Waals surface area contributed by atoms with Crippen LogP contribution >= 0.6 is 0 Å². The summed E-state index contributed by atoms with van der Waals surface area (Å²) < 4.78 is 59.1. The maximum atomic E-state index is 11.4. The van der Waals surface area contributed by atoms with Crippen molar-refractivity contribution in [3.8, 4) is 0 Å². The van der Waals surface area contributed by atoms with Crippen LogP contribution in [0.15, 0.2) is 77.7 Å². The highest BCUT2D eigenvalue weighted by Crippen LogP contribution is 2.31. The van der Waals surface area contributed by atoms with Gasteiger partial charge in [-0.25, -0.2) is 10.1 Å². The van der Waals surface area contributed by atoms with Gasteiger partial charge in [0.15, 0.2) is 49.9 Å². The summed E-state index contributed by atoms with van der Waals surface area (Å²) in [6.45, 7) is 78.5. The lowest BCUT2D eigenvalue weighted by atomic mass is 10.5. The Hall–Kier alpha value is -1.33. The molecule has 0 spiro atoms. The summed E-state index contributed by atoms with van der Waals surface area (Å²) in [5.74, 6) is 0. The fraction of sp³-hybridized carbons (Fsp3) is 0.682. The van der Waals surface area contributed by atoms with Gasteiger partial charge in [-0.3, -0.25) is 0 Å². The van der Waals surface area contributed by atoms with E-state index < -0.39 is 90.2 Å². The number of rotatable bonds is 26. The van der Waals surface area contributed by atoms with Gasteiger partial charge in [0.1, 0.15) is 0 Å². The molecule has 0 aliphatic heterocycles. The van der Waals surface area contributed by atoms with Gasteiger partial charge >= 0.3 is 29.8 Å². The van der Waals surface area contributed by atoms with Crippen molar-refractivity contribution in [1.82, 2.24) is 5.32 Å². The summed E-state index contributed by atoms with van der Waals surface area (Å²) >= 11 is 0. The fourth-order valence-corrected chi connectivity index (χ4v) is 35.4. The van der Waals surface area contributed by atoms with Crippen molar-refractivity contribution in [1.29, 1.82) is 0 Å². The normalized spacial score (nSPS) is 12.3.